The van der Waals surface area contributed by atoms with Crippen LogP contribution >= 0.6 is 15.6 Å². The Bertz CT molecular complexity index is 1510. The van der Waals surface area contributed by atoms with Gasteiger partial charge in [0.15, 0.2) is 6.23 Å². The van der Waals surface area contributed by atoms with Crippen LogP contribution in [0.15, 0.2) is 11.0 Å². The SMILES string of the molecule is CN1CCN(CC(=O)NCCOCCOCCOCCOCCC(=O)NCCCc2cn([C@@H]3O[C@H](COP(=O)(O)O)[C@H](OP(=O)(O)O)C3O)c(=O)nc2N)CC1. The Kier molecular flexibility index (Phi) is 20.9. The molecular formula is C30H55N7O17P2. The van der Waals surface area contributed by atoms with Crippen molar-refractivity contribution >= 4 is 33.3 Å². The molecule has 1 aromatic heterocycles. The van der Waals surface area contributed by atoms with E-state index in [2.05, 4.69) is 41.5 Å². The average Bonchev–Trinajstić information content (AvgIpc) is 3.41. The van der Waals surface area contributed by atoms with E-state index in [0.29, 0.717) is 64.7 Å². The Hall–Kier alpha value is -2.48. The molecule has 24 nitrogen and oxygen atoms in total. The van der Waals surface area contributed by atoms with E-state index in [9.17, 15) is 38.4 Å². The second kappa shape index (κ2) is 24.4. The van der Waals surface area contributed by atoms with Crippen molar-refractivity contribution in [1.82, 2.24) is 30.0 Å². The molecule has 1 aromatic rings. The van der Waals surface area contributed by atoms with Gasteiger partial charge in [0.25, 0.3) is 0 Å². The lowest BCUT2D eigenvalue weighted by Crippen LogP contribution is -2.48. The number of likely N-dealkylation sites (N-methyl/N-ethyl adjacent to an activating group) is 1. The molecule has 0 aliphatic carbocycles. The maximum Gasteiger partial charge on any atom is 0.470 e. The van der Waals surface area contributed by atoms with Gasteiger partial charge in [-0.2, -0.15) is 4.98 Å². The number of ether oxygens (including phenoxy) is 5. The minimum Gasteiger partial charge on any atom is -0.386 e. The Morgan fingerprint density at radius 2 is 1.48 bits per heavy atom. The van der Waals surface area contributed by atoms with E-state index >= 15 is 0 Å². The van der Waals surface area contributed by atoms with Gasteiger partial charge in [-0.1, -0.05) is 0 Å². The summed E-state index contributed by atoms with van der Waals surface area (Å²) >= 11 is 0. The number of nitrogens with one attached hydrogen (secondary N) is 2. The number of aliphatic hydroxyl groups excluding tert-OH is 1. The number of aromatic nitrogens is 2. The van der Waals surface area contributed by atoms with Crippen LogP contribution in [0.5, 0.6) is 0 Å². The molecule has 2 saturated heterocycles. The number of hydrogen-bond acceptors (Lipinski definition) is 17. The zero-order chi connectivity index (χ0) is 41.1. The molecule has 2 aliphatic heterocycles. The Balaban J connectivity index is 1.21. The first kappa shape index (κ1) is 47.9. The minimum atomic E-state index is -5.23. The number of phosphoric acid groups is 2. The van der Waals surface area contributed by atoms with Crippen molar-refractivity contribution in [3.63, 3.8) is 0 Å². The number of hydrogen-bond donors (Lipinski definition) is 8. The van der Waals surface area contributed by atoms with E-state index in [1.807, 2.05) is 0 Å². The van der Waals surface area contributed by atoms with Crippen LogP contribution in [-0.4, -0.2) is 186 Å². The molecule has 9 N–H and O–H groups in total. The summed E-state index contributed by atoms with van der Waals surface area (Å²) in [6.45, 7) is 6.50. The third-order valence-electron chi connectivity index (χ3n) is 8.38. The maximum atomic E-state index is 12.6. The van der Waals surface area contributed by atoms with Gasteiger partial charge in [-0.25, -0.2) is 13.9 Å². The van der Waals surface area contributed by atoms with Crippen molar-refractivity contribution in [3.05, 3.63) is 22.2 Å². The summed E-state index contributed by atoms with van der Waals surface area (Å²) in [5, 5.41) is 16.3. The molecule has 0 spiro atoms. The number of carbonyl (C=O) groups is 2. The van der Waals surface area contributed by atoms with Gasteiger partial charge >= 0.3 is 21.3 Å². The number of piperazine rings is 1. The fourth-order valence-electron chi connectivity index (χ4n) is 5.49. The van der Waals surface area contributed by atoms with E-state index in [4.69, 9.17) is 39.2 Å². The van der Waals surface area contributed by atoms with Gasteiger partial charge in [-0.15, -0.1) is 0 Å². The molecular weight excluding hydrogens is 792 g/mol. The molecule has 2 aliphatic rings. The Morgan fingerprint density at radius 1 is 0.893 bits per heavy atom. The highest BCUT2D eigenvalue weighted by Gasteiger charge is 2.49. The first-order valence-corrected chi connectivity index (χ1v) is 21.0. The van der Waals surface area contributed by atoms with Gasteiger partial charge in [0.2, 0.25) is 11.8 Å². The summed E-state index contributed by atoms with van der Waals surface area (Å²) in [6.07, 6.45) is -5.14. The number of nitrogens with zero attached hydrogens (tertiary/aromatic N) is 4. The van der Waals surface area contributed by atoms with Gasteiger partial charge in [-0.3, -0.25) is 28.1 Å². The summed E-state index contributed by atoms with van der Waals surface area (Å²) in [6, 6.07) is 0. The number of anilines is 1. The summed E-state index contributed by atoms with van der Waals surface area (Å²) in [4.78, 5) is 81.4. The van der Waals surface area contributed by atoms with Gasteiger partial charge in [0.1, 0.15) is 24.1 Å². The monoisotopic (exact) mass is 847 g/mol. The molecule has 26 heteroatoms. The second-order valence-electron chi connectivity index (χ2n) is 12.8. The topological polar surface area (TPSA) is 325 Å². The van der Waals surface area contributed by atoms with E-state index < -0.39 is 52.5 Å². The highest BCUT2D eigenvalue weighted by molar-refractivity contribution is 7.46. The number of aryl methyl sites for hydroxylation is 1. The van der Waals surface area contributed by atoms with E-state index in [-0.39, 0.29) is 50.2 Å². The van der Waals surface area contributed by atoms with Crippen LogP contribution in [0.25, 0.3) is 0 Å². The molecule has 0 radical (unpaired) electrons. The second-order valence-corrected chi connectivity index (χ2v) is 15.3. The fraction of sp³-hybridized carbons (Fsp3) is 0.800. The number of carbonyl (C=O) groups excluding carboxylic acids is 2. The van der Waals surface area contributed by atoms with Crippen molar-refractivity contribution in [1.29, 1.82) is 0 Å². The number of nitrogens with two attached hydrogens (primary N) is 1. The van der Waals surface area contributed by atoms with Crippen molar-refractivity contribution in [2.24, 2.45) is 0 Å². The lowest BCUT2D eigenvalue weighted by molar-refractivity contribution is -0.123. The van der Waals surface area contributed by atoms with Crippen molar-refractivity contribution in [2.75, 3.05) is 118 Å². The normalized spacial score (nSPS) is 21.0. The largest absolute Gasteiger partial charge is 0.470 e. The fourth-order valence-corrected chi connectivity index (χ4v) is 6.41. The van der Waals surface area contributed by atoms with E-state index in [1.54, 1.807) is 0 Å². The number of nitrogen functional groups attached to an aromatic ring is 1. The van der Waals surface area contributed by atoms with Crippen LogP contribution in [0.4, 0.5) is 5.82 Å². The molecule has 0 saturated carbocycles. The van der Waals surface area contributed by atoms with Crippen LogP contribution in [0, 0.1) is 0 Å². The van der Waals surface area contributed by atoms with Gasteiger partial charge in [-0.05, 0) is 19.9 Å². The molecule has 4 atom stereocenters. The highest BCUT2D eigenvalue weighted by Crippen LogP contribution is 2.45. The molecule has 322 valence electrons. The Labute approximate surface area is 323 Å². The number of phosphoric ester groups is 2. The predicted octanol–water partition coefficient (Wildman–Crippen LogP) is -3.46. The van der Waals surface area contributed by atoms with Crippen molar-refractivity contribution in [2.45, 2.75) is 43.8 Å². The molecule has 0 aromatic carbocycles. The van der Waals surface area contributed by atoms with Crippen LogP contribution in [0.3, 0.4) is 0 Å². The average molecular weight is 848 g/mol. The van der Waals surface area contributed by atoms with Crippen LogP contribution in [0.1, 0.15) is 24.6 Å². The molecule has 0 bridgehead atoms. The van der Waals surface area contributed by atoms with Crippen molar-refractivity contribution < 1.29 is 76.1 Å². The number of amides is 2. The number of aliphatic hydroxyl groups is 1. The lowest BCUT2D eigenvalue weighted by atomic mass is 10.1. The van der Waals surface area contributed by atoms with Gasteiger partial charge in [0, 0.05) is 57.4 Å². The minimum absolute atomic E-state index is 0.00693. The molecule has 3 rings (SSSR count). The molecule has 56 heavy (non-hydrogen) atoms. The Morgan fingerprint density at radius 3 is 2.09 bits per heavy atom. The molecule has 3 heterocycles. The molecule has 2 amide bonds. The van der Waals surface area contributed by atoms with Gasteiger partial charge < -0.3 is 69.6 Å². The third kappa shape index (κ3) is 18.9. The van der Waals surface area contributed by atoms with Crippen molar-refractivity contribution in [3.8, 4) is 0 Å². The maximum absolute atomic E-state index is 12.6. The molecule has 1 unspecified atom stereocenters. The van der Waals surface area contributed by atoms with Crippen LogP contribution in [0.2, 0.25) is 0 Å². The zero-order valence-corrected chi connectivity index (χ0v) is 33.0. The van der Waals surface area contributed by atoms with E-state index in [0.717, 1.165) is 30.7 Å². The third-order valence-corrected chi connectivity index (χ3v) is 9.38. The number of rotatable bonds is 27. The standard InChI is InChI=1S/C30H55N7O17P2/c1-35-7-9-36(10-8-35)20-25(39)33-6-12-49-14-16-51-18-17-50-15-13-48-11-4-24(38)32-5-2-3-22-19-37(30(41)34-28(22)31)29-26(40)27(54-56(45,46)47)23(53-29)21-52-55(42,43)44/h19,23,26-27,29,40H,2-18,20-21H2,1H3,(H,32,38)(H,33,39)(H2,31,34,41)(H2,42,43,44)(H2,45,46,47)/t23-,26?,27+,29-/m1/s1. The quantitative estimate of drug-likeness (QED) is 0.0315. The van der Waals surface area contributed by atoms with Gasteiger partial charge in [0.05, 0.1) is 66.0 Å². The summed E-state index contributed by atoms with van der Waals surface area (Å²) in [7, 11) is -8.21. The van der Waals surface area contributed by atoms with Crippen LogP contribution < -0.4 is 22.1 Å². The molecule has 2 fully saturated rings. The first-order chi connectivity index (χ1) is 26.5. The summed E-state index contributed by atoms with van der Waals surface area (Å²) < 4.78 is 59.6. The smallest absolute Gasteiger partial charge is 0.386 e. The van der Waals surface area contributed by atoms with Crippen LogP contribution in [-0.2, 0) is 57.9 Å². The van der Waals surface area contributed by atoms with E-state index in [1.165, 1.54) is 6.20 Å². The summed E-state index contributed by atoms with van der Waals surface area (Å²) in [5.41, 5.74) is 5.21. The predicted molar refractivity (Wildman–Crippen MR) is 194 cm³/mol. The lowest BCUT2D eigenvalue weighted by Gasteiger charge is -2.31. The first-order valence-electron chi connectivity index (χ1n) is 17.9. The zero-order valence-electron chi connectivity index (χ0n) is 31.2. The highest BCUT2D eigenvalue weighted by atomic mass is 31.2. The summed E-state index contributed by atoms with van der Waals surface area (Å²) in [5.74, 6) is -0.420.